The molecule has 3 aromatic rings. The van der Waals surface area contributed by atoms with Gasteiger partial charge in [0.25, 0.3) is 11.8 Å². The van der Waals surface area contributed by atoms with Gasteiger partial charge in [0, 0.05) is 23.1 Å². The van der Waals surface area contributed by atoms with Gasteiger partial charge in [-0.1, -0.05) is 54.1 Å². The number of carbonyl (C=O) groups is 3. The van der Waals surface area contributed by atoms with E-state index in [0.29, 0.717) is 23.1 Å². The first-order valence-electron chi connectivity index (χ1n) is 8.75. The van der Waals surface area contributed by atoms with E-state index < -0.39 is 11.8 Å². The van der Waals surface area contributed by atoms with Crippen molar-refractivity contribution < 1.29 is 14.4 Å². The third-order valence-electron chi connectivity index (χ3n) is 4.73. The third-order valence-corrected chi connectivity index (χ3v) is 4.73. The maximum atomic E-state index is 12.8. The Hall–Kier alpha value is -3.47. The number of nitrogens with zero attached hydrogens (tertiary/aromatic N) is 1. The van der Waals surface area contributed by atoms with Gasteiger partial charge in [-0.2, -0.15) is 0 Å². The second kappa shape index (κ2) is 6.68. The molecule has 5 nitrogen and oxygen atoms in total. The van der Waals surface area contributed by atoms with E-state index in [-0.39, 0.29) is 12.5 Å². The van der Waals surface area contributed by atoms with Crippen molar-refractivity contribution in [3.63, 3.8) is 0 Å². The highest BCUT2D eigenvalue weighted by Crippen LogP contribution is 2.29. The number of amides is 3. The average Bonchev–Trinajstić information content (AvgIpc) is 2.67. The predicted octanol–water partition coefficient (Wildman–Crippen LogP) is 3.06. The topological polar surface area (TPSA) is 66.5 Å². The van der Waals surface area contributed by atoms with Crippen molar-refractivity contribution >= 4 is 28.5 Å². The van der Waals surface area contributed by atoms with Gasteiger partial charge in [-0.25, -0.2) is 0 Å². The van der Waals surface area contributed by atoms with E-state index in [9.17, 15) is 14.4 Å². The van der Waals surface area contributed by atoms with Crippen LogP contribution in [0, 0.1) is 6.92 Å². The van der Waals surface area contributed by atoms with Crippen LogP contribution < -0.4 is 5.32 Å². The van der Waals surface area contributed by atoms with E-state index in [4.69, 9.17) is 0 Å². The summed E-state index contributed by atoms with van der Waals surface area (Å²) in [4.78, 5) is 39.0. The molecule has 3 amide bonds. The van der Waals surface area contributed by atoms with Crippen LogP contribution in [0.2, 0.25) is 0 Å². The summed E-state index contributed by atoms with van der Waals surface area (Å²) in [7, 11) is 0. The van der Waals surface area contributed by atoms with Gasteiger partial charge in [-0.05, 0) is 30.0 Å². The average molecular weight is 358 g/mol. The maximum absolute atomic E-state index is 12.8. The van der Waals surface area contributed by atoms with Gasteiger partial charge in [0.2, 0.25) is 5.91 Å². The second-order valence-electron chi connectivity index (χ2n) is 6.67. The molecule has 0 saturated carbocycles. The molecule has 0 aliphatic carbocycles. The summed E-state index contributed by atoms with van der Waals surface area (Å²) >= 11 is 0. The number of nitrogens with one attached hydrogen (secondary N) is 1. The van der Waals surface area contributed by atoms with E-state index in [2.05, 4.69) is 5.32 Å². The van der Waals surface area contributed by atoms with Gasteiger partial charge >= 0.3 is 0 Å². The number of benzene rings is 3. The number of aryl methyl sites for hydroxylation is 1. The minimum absolute atomic E-state index is 0.297. The van der Waals surface area contributed by atoms with Crippen molar-refractivity contribution in [3.8, 4) is 0 Å². The highest BCUT2D eigenvalue weighted by atomic mass is 16.2. The van der Waals surface area contributed by atoms with Crippen LogP contribution in [0.4, 0.5) is 0 Å². The van der Waals surface area contributed by atoms with Gasteiger partial charge < -0.3 is 5.32 Å². The zero-order valence-corrected chi connectivity index (χ0v) is 14.9. The Kier molecular flexibility index (Phi) is 4.20. The van der Waals surface area contributed by atoms with Crippen molar-refractivity contribution in [1.82, 2.24) is 10.2 Å². The van der Waals surface area contributed by atoms with E-state index >= 15 is 0 Å². The van der Waals surface area contributed by atoms with Gasteiger partial charge in [0.05, 0.1) is 0 Å². The molecule has 3 aromatic carbocycles. The summed E-state index contributed by atoms with van der Waals surface area (Å²) in [6.07, 6.45) is 0. The van der Waals surface area contributed by atoms with E-state index in [1.165, 1.54) is 0 Å². The Labute approximate surface area is 156 Å². The summed E-state index contributed by atoms with van der Waals surface area (Å²) in [6, 6.07) is 18.5. The molecule has 1 aliphatic heterocycles. The molecule has 0 aromatic heterocycles. The molecule has 1 aliphatic rings. The van der Waals surface area contributed by atoms with Crippen LogP contribution in [0.5, 0.6) is 0 Å². The molecular formula is C22H18N2O3. The molecule has 5 heteroatoms. The molecule has 1 heterocycles. The first-order valence-corrected chi connectivity index (χ1v) is 8.75. The van der Waals surface area contributed by atoms with E-state index in [0.717, 1.165) is 21.4 Å². The number of imide groups is 1. The Morgan fingerprint density at radius 3 is 2.19 bits per heavy atom. The monoisotopic (exact) mass is 358 g/mol. The van der Waals surface area contributed by atoms with Crippen molar-refractivity contribution in [2.75, 3.05) is 6.54 Å². The van der Waals surface area contributed by atoms with Gasteiger partial charge in [-0.3, -0.25) is 19.3 Å². The molecule has 0 fully saturated rings. The molecule has 0 spiro atoms. The zero-order chi connectivity index (χ0) is 19.0. The van der Waals surface area contributed by atoms with Crippen LogP contribution in [0.3, 0.4) is 0 Å². The van der Waals surface area contributed by atoms with Crippen molar-refractivity contribution in [2.24, 2.45) is 0 Å². The predicted molar refractivity (Wildman–Crippen MR) is 102 cm³/mol. The Morgan fingerprint density at radius 2 is 1.56 bits per heavy atom. The summed E-state index contributed by atoms with van der Waals surface area (Å²) < 4.78 is 0. The molecule has 0 unspecified atom stereocenters. The fourth-order valence-corrected chi connectivity index (χ4v) is 3.45. The van der Waals surface area contributed by atoms with Gasteiger partial charge in [0.1, 0.15) is 6.54 Å². The number of hydrogen-bond acceptors (Lipinski definition) is 3. The molecule has 4 rings (SSSR count). The number of carbonyl (C=O) groups excluding carboxylic acids is 3. The third kappa shape index (κ3) is 3.08. The van der Waals surface area contributed by atoms with E-state index in [1.54, 1.807) is 24.3 Å². The molecule has 0 bridgehead atoms. The molecule has 0 radical (unpaired) electrons. The standard InChI is InChI=1S/C22H18N2O3/c1-14-5-2-6-15(11-14)12-23-19(25)13-24-21(26)17-9-3-7-16-8-4-10-18(20(16)17)22(24)27/h2-11H,12-13H2,1H3,(H,23,25). The van der Waals surface area contributed by atoms with Crippen molar-refractivity contribution in [1.29, 1.82) is 0 Å². The summed E-state index contributed by atoms with van der Waals surface area (Å²) in [5, 5.41) is 4.28. The SMILES string of the molecule is Cc1cccc(CNC(=O)CN2C(=O)c3cccc4cccc(c34)C2=O)c1. The molecule has 0 saturated heterocycles. The Morgan fingerprint density at radius 1 is 0.926 bits per heavy atom. The summed E-state index contributed by atoms with van der Waals surface area (Å²) in [5.41, 5.74) is 2.98. The highest BCUT2D eigenvalue weighted by Gasteiger charge is 2.33. The molecule has 27 heavy (non-hydrogen) atoms. The Bertz CT molecular complexity index is 1040. The minimum Gasteiger partial charge on any atom is -0.350 e. The lowest BCUT2D eigenvalue weighted by Crippen LogP contribution is -2.46. The first-order chi connectivity index (χ1) is 13.0. The van der Waals surface area contributed by atoms with Crippen LogP contribution in [-0.2, 0) is 11.3 Å². The van der Waals surface area contributed by atoms with Gasteiger partial charge in [0.15, 0.2) is 0 Å². The molecule has 1 N–H and O–H groups in total. The minimum atomic E-state index is -0.435. The van der Waals surface area contributed by atoms with Gasteiger partial charge in [-0.15, -0.1) is 0 Å². The fourth-order valence-electron chi connectivity index (χ4n) is 3.45. The fraction of sp³-hybridized carbons (Fsp3) is 0.136. The smallest absolute Gasteiger partial charge is 0.261 e. The van der Waals surface area contributed by atoms with Crippen LogP contribution >= 0.6 is 0 Å². The molecule has 0 atom stereocenters. The normalized spacial score (nSPS) is 13.1. The largest absolute Gasteiger partial charge is 0.350 e. The second-order valence-corrected chi connectivity index (χ2v) is 6.67. The highest BCUT2D eigenvalue weighted by molar-refractivity contribution is 6.26. The van der Waals surface area contributed by atoms with Crippen LogP contribution in [0.15, 0.2) is 60.7 Å². The summed E-state index contributed by atoms with van der Waals surface area (Å²) in [5.74, 6) is -1.24. The van der Waals surface area contributed by atoms with Crippen LogP contribution in [0.25, 0.3) is 10.8 Å². The first kappa shape index (κ1) is 17.0. The Balaban J connectivity index is 1.54. The maximum Gasteiger partial charge on any atom is 0.261 e. The lowest BCUT2D eigenvalue weighted by molar-refractivity contribution is -0.121. The quantitative estimate of drug-likeness (QED) is 0.729. The van der Waals surface area contributed by atoms with Crippen LogP contribution in [0.1, 0.15) is 31.8 Å². The van der Waals surface area contributed by atoms with Crippen LogP contribution in [-0.4, -0.2) is 29.2 Å². The summed E-state index contributed by atoms with van der Waals surface area (Å²) in [6.45, 7) is 2.03. The molecular weight excluding hydrogens is 340 g/mol. The number of rotatable bonds is 4. The van der Waals surface area contributed by atoms with E-state index in [1.807, 2.05) is 43.3 Å². The van der Waals surface area contributed by atoms with Crippen molar-refractivity contribution in [3.05, 3.63) is 82.9 Å². The van der Waals surface area contributed by atoms with Crippen molar-refractivity contribution in [2.45, 2.75) is 13.5 Å². The zero-order valence-electron chi connectivity index (χ0n) is 14.9. The number of hydrogen-bond donors (Lipinski definition) is 1. The lowest BCUT2D eigenvalue weighted by Gasteiger charge is -2.26. The molecule has 134 valence electrons. The lowest BCUT2D eigenvalue weighted by atomic mass is 9.94.